The van der Waals surface area contributed by atoms with Crippen LogP contribution in [0.3, 0.4) is 0 Å². The van der Waals surface area contributed by atoms with Crippen molar-refractivity contribution in [2.45, 2.75) is 32.4 Å². The fraction of sp³-hybridized carbons (Fsp3) is 0.222. The van der Waals surface area contributed by atoms with Gasteiger partial charge < -0.3 is 15.5 Å². The van der Waals surface area contributed by atoms with E-state index >= 15 is 0 Å². The predicted octanol–water partition coefficient (Wildman–Crippen LogP) is 5.39. The number of hydrogen-bond acceptors (Lipinski definition) is 10. The van der Waals surface area contributed by atoms with Gasteiger partial charge in [0.1, 0.15) is 22.7 Å². The van der Waals surface area contributed by atoms with Gasteiger partial charge >= 0.3 is 0 Å². The van der Waals surface area contributed by atoms with Crippen molar-refractivity contribution < 1.29 is 0 Å². The van der Waals surface area contributed by atoms with Gasteiger partial charge in [0.15, 0.2) is 0 Å². The van der Waals surface area contributed by atoms with Gasteiger partial charge in [-0.2, -0.15) is 4.98 Å². The molecule has 7 rings (SSSR count). The minimum Gasteiger partial charge on any atom is -0.370 e. The van der Waals surface area contributed by atoms with E-state index in [0.717, 1.165) is 46.2 Å². The Balaban J connectivity index is 1.25. The summed E-state index contributed by atoms with van der Waals surface area (Å²) in [5.74, 6) is 6.62. The van der Waals surface area contributed by atoms with Crippen LogP contribution in [-0.4, -0.2) is 55.7 Å². The van der Waals surface area contributed by atoms with E-state index in [-0.39, 0.29) is 12.1 Å². The third-order valence-electron chi connectivity index (χ3n) is 8.32. The van der Waals surface area contributed by atoms with Crippen LogP contribution < -0.4 is 21.1 Å². The number of nitrogens with zero attached hydrogens (tertiary/aromatic N) is 7. The average molecular weight is 640 g/mol. The monoisotopic (exact) mass is 639 g/mol. The van der Waals surface area contributed by atoms with Crippen LogP contribution in [-0.2, 0) is 6.54 Å². The molecule has 5 heterocycles. The summed E-state index contributed by atoms with van der Waals surface area (Å²) in [5.41, 5.74) is 5.95. The van der Waals surface area contributed by atoms with Crippen LogP contribution in [0.1, 0.15) is 35.1 Å². The normalized spacial score (nSPS) is 14.4. The van der Waals surface area contributed by atoms with E-state index in [4.69, 9.17) is 4.98 Å². The number of nitrogens with one attached hydrogen (secondary N) is 2. The number of thiazole rings is 1. The number of pyridine rings is 1. The Kier molecular flexibility index (Phi) is 8.68. The number of aryl methyl sites for hydroxylation is 1. The van der Waals surface area contributed by atoms with Crippen molar-refractivity contribution >= 4 is 39.7 Å². The Bertz CT molecular complexity index is 2130. The molecule has 2 N–H and O–H groups in total. The molecule has 11 heteroatoms. The predicted molar refractivity (Wildman–Crippen MR) is 187 cm³/mol. The standard InChI is InChI=1S/C36H33N9OS/c1-24-5-7-25(8-6-24)9-10-26-18-27-20-40-36(42-29-11-13-30(14-12-29)44(2)31-4-3-15-37-21-31)43-33(27)45(35(26)46)22-28-19-38-23-41-32(28)34-39-16-17-47-34/h5-8,11-14,16-20,23,31,37H,3-4,15,21-22H2,1-2H3,(H,40,42,43). The van der Waals surface area contributed by atoms with Gasteiger partial charge in [-0.3, -0.25) is 9.36 Å². The molecule has 1 fully saturated rings. The van der Waals surface area contributed by atoms with Crippen molar-refractivity contribution in [2.24, 2.45) is 0 Å². The van der Waals surface area contributed by atoms with Gasteiger partial charge in [-0.25, -0.2) is 19.9 Å². The molecular weight excluding hydrogens is 607 g/mol. The summed E-state index contributed by atoms with van der Waals surface area (Å²) in [7, 11) is 2.14. The molecule has 2 aromatic carbocycles. The second kappa shape index (κ2) is 13.5. The largest absolute Gasteiger partial charge is 0.370 e. The summed E-state index contributed by atoms with van der Waals surface area (Å²) in [6, 6.07) is 18.4. The third-order valence-corrected chi connectivity index (χ3v) is 9.10. The van der Waals surface area contributed by atoms with E-state index in [9.17, 15) is 4.79 Å². The van der Waals surface area contributed by atoms with Gasteiger partial charge in [0.05, 0.1) is 12.1 Å². The van der Waals surface area contributed by atoms with Crippen LogP contribution in [0.15, 0.2) is 89.7 Å². The lowest BCUT2D eigenvalue weighted by molar-refractivity contribution is 0.445. The molecule has 1 atom stereocenters. The summed E-state index contributed by atoms with van der Waals surface area (Å²) in [5, 5.41) is 10.1. The highest BCUT2D eigenvalue weighted by molar-refractivity contribution is 7.13. The summed E-state index contributed by atoms with van der Waals surface area (Å²) >= 11 is 1.48. The maximum Gasteiger partial charge on any atom is 0.268 e. The Hall–Kier alpha value is -5.44. The first-order valence-corrected chi connectivity index (χ1v) is 16.4. The maximum atomic E-state index is 14.1. The highest BCUT2D eigenvalue weighted by Crippen LogP contribution is 2.26. The summed E-state index contributed by atoms with van der Waals surface area (Å²) in [4.78, 5) is 39.0. The minimum absolute atomic E-state index is 0.179. The average Bonchev–Trinajstić information content (AvgIpc) is 3.65. The SMILES string of the molecule is Cc1ccc(C#Cc2cc3cnc(Nc4ccc(N(C)C5CCCNC5)cc4)nc3n(Cc3cncnc3-c3nccs3)c2=O)cc1. The molecule has 1 aliphatic heterocycles. The third kappa shape index (κ3) is 6.74. The molecule has 0 radical (unpaired) electrons. The number of aromatic nitrogens is 6. The molecule has 0 bridgehead atoms. The van der Waals surface area contributed by atoms with E-state index in [0.29, 0.717) is 34.3 Å². The number of rotatable bonds is 7. The Morgan fingerprint density at radius 1 is 1.06 bits per heavy atom. The zero-order chi connectivity index (χ0) is 32.2. The van der Waals surface area contributed by atoms with Gasteiger partial charge in [-0.1, -0.05) is 29.5 Å². The minimum atomic E-state index is -0.264. The van der Waals surface area contributed by atoms with Crippen molar-refractivity contribution in [3.8, 4) is 22.5 Å². The van der Waals surface area contributed by atoms with Crippen molar-refractivity contribution in [3.63, 3.8) is 0 Å². The van der Waals surface area contributed by atoms with Crippen LogP contribution in [0.4, 0.5) is 17.3 Å². The maximum absolute atomic E-state index is 14.1. The molecule has 6 aromatic rings. The first kappa shape index (κ1) is 30.2. The van der Waals surface area contributed by atoms with E-state index in [1.807, 2.05) is 48.7 Å². The van der Waals surface area contributed by atoms with Gasteiger partial charge in [-0.05, 0) is 68.8 Å². The van der Waals surface area contributed by atoms with E-state index in [1.54, 1.807) is 29.2 Å². The smallest absolute Gasteiger partial charge is 0.268 e. The molecule has 4 aromatic heterocycles. The summed E-state index contributed by atoms with van der Waals surface area (Å²) < 4.78 is 1.62. The number of piperidine rings is 1. The lowest BCUT2D eigenvalue weighted by atomic mass is 10.1. The molecule has 234 valence electrons. The zero-order valence-corrected chi connectivity index (χ0v) is 27.0. The number of likely N-dealkylation sites (N-methyl/N-ethyl adjacent to an activating group) is 1. The molecular formula is C36H33N9OS. The van der Waals surface area contributed by atoms with Gasteiger partial charge in [-0.15, -0.1) is 11.3 Å². The second-order valence-electron chi connectivity index (χ2n) is 11.6. The Labute approximate surface area is 276 Å². The second-order valence-corrected chi connectivity index (χ2v) is 12.4. The van der Waals surface area contributed by atoms with Crippen LogP contribution in [0.2, 0.25) is 0 Å². The van der Waals surface area contributed by atoms with Crippen molar-refractivity contribution in [1.82, 2.24) is 34.8 Å². The van der Waals surface area contributed by atoms with Gasteiger partial charge in [0.2, 0.25) is 5.95 Å². The molecule has 47 heavy (non-hydrogen) atoms. The van der Waals surface area contributed by atoms with Crippen LogP contribution in [0.25, 0.3) is 21.7 Å². The van der Waals surface area contributed by atoms with E-state index in [1.165, 1.54) is 30.5 Å². The fourth-order valence-electron chi connectivity index (χ4n) is 5.69. The molecule has 0 aliphatic carbocycles. The van der Waals surface area contributed by atoms with Crippen molar-refractivity contribution in [2.75, 3.05) is 30.4 Å². The Morgan fingerprint density at radius 3 is 2.68 bits per heavy atom. The molecule has 0 saturated carbocycles. The van der Waals surface area contributed by atoms with Crippen LogP contribution in [0.5, 0.6) is 0 Å². The molecule has 1 aliphatic rings. The number of benzene rings is 2. The topological polar surface area (TPSA) is 114 Å². The number of fused-ring (bicyclic) bond motifs is 1. The number of hydrogen-bond donors (Lipinski definition) is 2. The Morgan fingerprint density at radius 2 is 1.91 bits per heavy atom. The lowest BCUT2D eigenvalue weighted by Crippen LogP contribution is -2.44. The molecule has 0 spiro atoms. The zero-order valence-electron chi connectivity index (χ0n) is 26.1. The van der Waals surface area contributed by atoms with Gasteiger partial charge in [0, 0.05) is 71.5 Å². The van der Waals surface area contributed by atoms with Gasteiger partial charge in [0.25, 0.3) is 5.56 Å². The van der Waals surface area contributed by atoms with Crippen LogP contribution >= 0.6 is 11.3 Å². The molecule has 1 unspecified atom stereocenters. The molecule has 10 nitrogen and oxygen atoms in total. The summed E-state index contributed by atoms with van der Waals surface area (Å²) in [6.45, 7) is 4.28. The summed E-state index contributed by atoms with van der Waals surface area (Å²) in [6.07, 6.45) is 9.02. The van der Waals surface area contributed by atoms with Crippen molar-refractivity contribution in [1.29, 1.82) is 0 Å². The lowest BCUT2D eigenvalue weighted by Gasteiger charge is -2.33. The van der Waals surface area contributed by atoms with E-state index < -0.39 is 0 Å². The van der Waals surface area contributed by atoms with E-state index in [2.05, 4.69) is 66.5 Å². The highest BCUT2D eigenvalue weighted by Gasteiger charge is 2.19. The highest BCUT2D eigenvalue weighted by atomic mass is 32.1. The molecule has 1 saturated heterocycles. The quantitative estimate of drug-likeness (QED) is 0.222. The first-order chi connectivity index (χ1) is 23.0. The van der Waals surface area contributed by atoms with Crippen LogP contribution in [0, 0.1) is 18.8 Å². The molecule has 0 amide bonds. The first-order valence-electron chi connectivity index (χ1n) is 15.5. The van der Waals surface area contributed by atoms with Crippen molar-refractivity contribution in [3.05, 3.63) is 118 Å². The fourth-order valence-corrected chi connectivity index (χ4v) is 6.36. The number of anilines is 3.